The molecule has 1 aliphatic rings. The maximum absolute atomic E-state index is 12.8. The highest BCUT2D eigenvalue weighted by Gasteiger charge is 2.23. The molecular weight excluding hydrogens is 316 g/mol. The molecule has 0 N–H and O–H groups in total. The second-order valence-electron chi connectivity index (χ2n) is 6.77. The summed E-state index contributed by atoms with van der Waals surface area (Å²) >= 11 is 0. The molecule has 2 aromatic heterocycles. The molecular formula is C20H26N2O3. The molecule has 0 aliphatic heterocycles. The van der Waals surface area contributed by atoms with Gasteiger partial charge in [0.2, 0.25) is 5.91 Å². The predicted octanol–water partition coefficient (Wildman–Crippen LogP) is 4.38. The van der Waals surface area contributed by atoms with Crippen molar-refractivity contribution in [1.29, 1.82) is 0 Å². The van der Waals surface area contributed by atoms with Crippen molar-refractivity contribution in [3.05, 3.63) is 42.5 Å². The molecule has 0 unspecified atom stereocenters. The highest BCUT2D eigenvalue weighted by atomic mass is 16.4. The number of hydrogen-bond donors (Lipinski definition) is 0. The number of aromatic nitrogens is 1. The molecule has 0 radical (unpaired) electrons. The van der Waals surface area contributed by atoms with Crippen molar-refractivity contribution in [3.8, 4) is 11.7 Å². The van der Waals surface area contributed by atoms with Gasteiger partial charge in [-0.3, -0.25) is 4.79 Å². The summed E-state index contributed by atoms with van der Waals surface area (Å²) < 4.78 is 11.0. The van der Waals surface area contributed by atoms with Crippen LogP contribution in [-0.2, 0) is 11.2 Å². The molecule has 0 bridgehead atoms. The van der Waals surface area contributed by atoms with Crippen LogP contribution in [0.25, 0.3) is 11.7 Å². The summed E-state index contributed by atoms with van der Waals surface area (Å²) in [4.78, 5) is 19.2. The number of amides is 1. The number of carbonyl (C=O) groups excluding carboxylic acids is 1. The maximum atomic E-state index is 12.8. The SMILES string of the molecule is C=CCN(CC1CCCCC1)C(=O)Cc1nc(-c2ccco2)oc1C. The second kappa shape index (κ2) is 8.19. The van der Waals surface area contributed by atoms with Gasteiger partial charge in [0.25, 0.3) is 5.89 Å². The van der Waals surface area contributed by atoms with Crippen molar-refractivity contribution in [1.82, 2.24) is 9.88 Å². The van der Waals surface area contributed by atoms with Crippen LogP contribution in [0.2, 0.25) is 0 Å². The number of nitrogens with zero attached hydrogens (tertiary/aromatic N) is 2. The average molecular weight is 342 g/mol. The zero-order chi connectivity index (χ0) is 17.6. The molecule has 1 fully saturated rings. The standard InChI is InChI=1S/C20H26N2O3/c1-3-11-22(14-16-8-5-4-6-9-16)19(23)13-17-15(2)25-20(21-17)18-10-7-12-24-18/h3,7,10,12,16H,1,4-6,8-9,11,13-14H2,2H3. The fourth-order valence-corrected chi connectivity index (χ4v) is 3.47. The monoisotopic (exact) mass is 342 g/mol. The van der Waals surface area contributed by atoms with Gasteiger partial charge in [0.15, 0.2) is 5.76 Å². The zero-order valence-electron chi connectivity index (χ0n) is 14.9. The Hall–Kier alpha value is -2.30. The smallest absolute Gasteiger partial charge is 0.263 e. The van der Waals surface area contributed by atoms with Crippen LogP contribution in [0.15, 0.2) is 39.9 Å². The Morgan fingerprint density at radius 2 is 2.20 bits per heavy atom. The normalized spacial score (nSPS) is 15.2. The molecule has 5 heteroatoms. The fourth-order valence-electron chi connectivity index (χ4n) is 3.47. The van der Waals surface area contributed by atoms with E-state index >= 15 is 0 Å². The van der Waals surface area contributed by atoms with Crippen LogP contribution < -0.4 is 0 Å². The summed E-state index contributed by atoms with van der Waals surface area (Å²) in [6, 6.07) is 3.58. The predicted molar refractivity (Wildman–Crippen MR) is 96.0 cm³/mol. The summed E-state index contributed by atoms with van der Waals surface area (Å²) in [6.45, 7) is 7.03. The van der Waals surface area contributed by atoms with Gasteiger partial charge in [0, 0.05) is 13.1 Å². The van der Waals surface area contributed by atoms with Crippen LogP contribution in [0, 0.1) is 12.8 Å². The van der Waals surface area contributed by atoms with E-state index in [1.807, 2.05) is 11.8 Å². The lowest BCUT2D eigenvalue weighted by Gasteiger charge is -2.29. The summed E-state index contributed by atoms with van der Waals surface area (Å²) in [5, 5.41) is 0. The first-order valence-electron chi connectivity index (χ1n) is 9.06. The molecule has 0 saturated heterocycles. The summed E-state index contributed by atoms with van der Waals surface area (Å²) in [7, 11) is 0. The van der Waals surface area contributed by atoms with Gasteiger partial charge in [-0.1, -0.05) is 25.3 Å². The Kier molecular flexibility index (Phi) is 5.74. The molecule has 2 heterocycles. The van der Waals surface area contributed by atoms with E-state index in [0.29, 0.717) is 35.6 Å². The van der Waals surface area contributed by atoms with Gasteiger partial charge in [-0.25, -0.2) is 4.98 Å². The van der Waals surface area contributed by atoms with E-state index in [1.165, 1.54) is 32.1 Å². The fraction of sp³-hybridized carbons (Fsp3) is 0.500. The Morgan fingerprint density at radius 3 is 2.88 bits per heavy atom. The number of furan rings is 1. The largest absolute Gasteiger partial charge is 0.459 e. The van der Waals surface area contributed by atoms with Crippen LogP contribution in [0.1, 0.15) is 43.6 Å². The van der Waals surface area contributed by atoms with Crippen LogP contribution in [0.3, 0.4) is 0 Å². The van der Waals surface area contributed by atoms with Gasteiger partial charge in [-0.15, -0.1) is 6.58 Å². The molecule has 1 saturated carbocycles. The highest BCUT2D eigenvalue weighted by Crippen LogP contribution is 2.25. The molecule has 0 spiro atoms. The van der Waals surface area contributed by atoms with Crippen molar-refractivity contribution in [2.24, 2.45) is 5.92 Å². The summed E-state index contributed by atoms with van der Waals surface area (Å²) in [6.07, 6.45) is 9.92. The lowest BCUT2D eigenvalue weighted by Crippen LogP contribution is -2.37. The third-order valence-electron chi connectivity index (χ3n) is 4.85. The van der Waals surface area contributed by atoms with Crippen molar-refractivity contribution in [2.45, 2.75) is 45.4 Å². The van der Waals surface area contributed by atoms with Gasteiger partial charge < -0.3 is 13.7 Å². The highest BCUT2D eigenvalue weighted by molar-refractivity contribution is 5.78. The first kappa shape index (κ1) is 17.5. The Bertz CT molecular complexity index is 697. The molecule has 3 rings (SSSR count). The lowest BCUT2D eigenvalue weighted by atomic mass is 9.89. The topological polar surface area (TPSA) is 59.5 Å². The molecule has 2 aromatic rings. The number of carbonyl (C=O) groups is 1. The molecule has 0 aromatic carbocycles. The van der Waals surface area contributed by atoms with Gasteiger partial charge in [0.1, 0.15) is 5.76 Å². The molecule has 0 atom stereocenters. The Balaban J connectivity index is 1.67. The summed E-state index contributed by atoms with van der Waals surface area (Å²) in [5.41, 5.74) is 0.675. The first-order valence-corrected chi connectivity index (χ1v) is 9.06. The van der Waals surface area contributed by atoms with Gasteiger partial charge >= 0.3 is 0 Å². The van der Waals surface area contributed by atoms with Crippen LogP contribution >= 0.6 is 0 Å². The van der Waals surface area contributed by atoms with E-state index < -0.39 is 0 Å². The van der Waals surface area contributed by atoms with Crippen molar-refractivity contribution in [3.63, 3.8) is 0 Å². The minimum atomic E-state index is 0.0767. The van der Waals surface area contributed by atoms with E-state index in [4.69, 9.17) is 8.83 Å². The molecule has 1 amide bonds. The molecule has 1 aliphatic carbocycles. The number of aryl methyl sites for hydroxylation is 1. The average Bonchev–Trinajstić information content (AvgIpc) is 3.26. The summed E-state index contributed by atoms with van der Waals surface area (Å²) in [5.74, 6) is 2.35. The van der Waals surface area contributed by atoms with Gasteiger partial charge in [-0.05, 0) is 37.8 Å². The van der Waals surface area contributed by atoms with Gasteiger partial charge in [-0.2, -0.15) is 0 Å². The zero-order valence-corrected chi connectivity index (χ0v) is 14.9. The Morgan fingerprint density at radius 1 is 1.40 bits per heavy atom. The van der Waals surface area contributed by atoms with Crippen LogP contribution in [0.5, 0.6) is 0 Å². The first-order chi connectivity index (χ1) is 12.2. The van der Waals surface area contributed by atoms with E-state index in [-0.39, 0.29) is 12.3 Å². The minimum absolute atomic E-state index is 0.0767. The van der Waals surface area contributed by atoms with Gasteiger partial charge in [0.05, 0.1) is 18.4 Å². The third-order valence-corrected chi connectivity index (χ3v) is 4.85. The van der Waals surface area contributed by atoms with Crippen molar-refractivity contribution < 1.29 is 13.6 Å². The van der Waals surface area contributed by atoms with E-state index in [1.54, 1.807) is 24.5 Å². The number of rotatable bonds is 7. The second-order valence-corrected chi connectivity index (χ2v) is 6.77. The van der Waals surface area contributed by atoms with Crippen molar-refractivity contribution >= 4 is 5.91 Å². The quantitative estimate of drug-likeness (QED) is 0.701. The van der Waals surface area contributed by atoms with E-state index in [0.717, 1.165) is 6.54 Å². The number of hydrogen-bond acceptors (Lipinski definition) is 4. The molecule has 5 nitrogen and oxygen atoms in total. The Labute approximate surface area is 148 Å². The minimum Gasteiger partial charge on any atom is -0.459 e. The van der Waals surface area contributed by atoms with E-state index in [9.17, 15) is 4.79 Å². The van der Waals surface area contributed by atoms with Crippen LogP contribution in [0.4, 0.5) is 0 Å². The third kappa shape index (κ3) is 4.41. The maximum Gasteiger partial charge on any atom is 0.263 e. The number of oxazole rings is 1. The molecule has 25 heavy (non-hydrogen) atoms. The van der Waals surface area contributed by atoms with E-state index in [2.05, 4.69) is 11.6 Å². The lowest BCUT2D eigenvalue weighted by molar-refractivity contribution is -0.130. The van der Waals surface area contributed by atoms with Crippen molar-refractivity contribution in [2.75, 3.05) is 13.1 Å². The molecule has 134 valence electrons. The van der Waals surface area contributed by atoms with Crippen LogP contribution in [-0.4, -0.2) is 28.9 Å².